The molecule has 3 N–H and O–H groups in total. The summed E-state index contributed by atoms with van der Waals surface area (Å²) in [5.74, 6) is 0. The van der Waals surface area contributed by atoms with Gasteiger partial charge < -0.3 is 15.9 Å². The lowest BCUT2D eigenvalue weighted by Gasteiger charge is -2.20. The molecular formula is C8H17ClFN3O. The van der Waals surface area contributed by atoms with E-state index in [4.69, 9.17) is 10.6 Å². The minimum absolute atomic E-state index is 0. The van der Waals surface area contributed by atoms with Gasteiger partial charge in [-0.25, -0.2) is 4.39 Å². The van der Waals surface area contributed by atoms with Crippen LogP contribution in [0.2, 0.25) is 0 Å². The highest BCUT2D eigenvalue weighted by Crippen LogP contribution is 2.20. The molecule has 6 heteroatoms. The summed E-state index contributed by atoms with van der Waals surface area (Å²) in [5, 5.41) is 7.03. The van der Waals surface area contributed by atoms with Gasteiger partial charge in [-0.1, -0.05) is 12.1 Å². The van der Waals surface area contributed by atoms with Gasteiger partial charge in [-0.15, -0.1) is 12.4 Å². The van der Waals surface area contributed by atoms with E-state index in [1.807, 2.05) is 6.92 Å². The van der Waals surface area contributed by atoms with E-state index in [2.05, 4.69) is 10.5 Å². The van der Waals surface area contributed by atoms with Crippen LogP contribution in [0.25, 0.3) is 0 Å². The summed E-state index contributed by atoms with van der Waals surface area (Å²) in [6.45, 7) is 3.54. The molecule has 0 amide bonds. The maximum atomic E-state index is 11.7. The molecule has 0 spiro atoms. The van der Waals surface area contributed by atoms with Crippen molar-refractivity contribution in [3.63, 3.8) is 0 Å². The van der Waals surface area contributed by atoms with Gasteiger partial charge in [0.1, 0.15) is 13.3 Å². The predicted molar refractivity (Wildman–Crippen MR) is 56.6 cm³/mol. The van der Waals surface area contributed by atoms with Crippen molar-refractivity contribution < 1.29 is 9.23 Å². The third-order valence-electron chi connectivity index (χ3n) is 2.30. The monoisotopic (exact) mass is 225 g/mol. The van der Waals surface area contributed by atoms with Gasteiger partial charge in [-0.2, -0.15) is 0 Å². The smallest absolute Gasteiger partial charge is 0.145 e. The molecule has 1 unspecified atom stereocenters. The molecule has 14 heavy (non-hydrogen) atoms. The van der Waals surface area contributed by atoms with Crippen LogP contribution in [0.1, 0.15) is 6.92 Å². The first kappa shape index (κ1) is 13.6. The molecule has 1 fully saturated rings. The molecule has 1 rings (SSSR count). The Labute approximate surface area is 89.5 Å². The van der Waals surface area contributed by atoms with E-state index in [9.17, 15) is 4.39 Å². The molecule has 0 aromatic heterocycles. The molecule has 1 aliphatic rings. The summed E-state index contributed by atoms with van der Waals surface area (Å²) in [6.07, 6.45) is 0. The van der Waals surface area contributed by atoms with Crippen LogP contribution >= 0.6 is 12.4 Å². The molecule has 0 saturated carbocycles. The molecule has 1 saturated heterocycles. The van der Waals surface area contributed by atoms with Gasteiger partial charge in [0.25, 0.3) is 0 Å². The number of hydrogen-bond donors (Lipinski definition) is 2. The quantitative estimate of drug-likeness (QED) is 0.535. The van der Waals surface area contributed by atoms with Crippen molar-refractivity contribution in [3.05, 3.63) is 0 Å². The fourth-order valence-electron chi connectivity index (χ4n) is 1.26. The second kappa shape index (κ2) is 6.16. The molecule has 0 aliphatic carbocycles. The van der Waals surface area contributed by atoms with Crippen molar-refractivity contribution >= 4 is 18.1 Å². The second-order valence-electron chi connectivity index (χ2n) is 3.43. The Bertz CT molecular complexity index is 203. The van der Waals surface area contributed by atoms with Crippen molar-refractivity contribution in [2.75, 3.05) is 32.9 Å². The molecule has 1 aliphatic heterocycles. The van der Waals surface area contributed by atoms with Crippen LogP contribution in [0.5, 0.6) is 0 Å². The van der Waals surface area contributed by atoms with Gasteiger partial charge in [-0.05, 0) is 0 Å². The number of halogens is 2. The number of nitrogens with zero attached hydrogens (tertiary/aromatic N) is 1. The normalized spacial score (nSPS) is 28.9. The zero-order valence-corrected chi connectivity index (χ0v) is 9.07. The SMILES string of the molecule is CC1(CN)CNCC1=NOCCF.Cl. The van der Waals surface area contributed by atoms with Gasteiger partial charge in [-0.3, -0.25) is 0 Å². The topological polar surface area (TPSA) is 59.6 Å². The Hall–Kier alpha value is -0.390. The Balaban J connectivity index is 0.00000169. The highest BCUT2D eigenvalue weighted by molar-refractivity contribution is 5.93. The molecule has 84 valence electrons. The zero-order chi connectivity index (χ0) is 9.73. The van der Waals surface area contributed by atoms with Crippen molar-refractivity contribution in [1.82, 2.24) is 5.32 Å². The van der Waals surface area contributed by atoms with E-state index in [0.717, 1.165) is 12.3 Å². The minimum Gasteiger partial charge on any atom is -0.393 e. The zero-order valence-electron chi connectivity index (χ0n) is 8.25. The van der Waals surface area contributed by atoms with Crippen LogP contribution in [-0.4, -0.2) is 38.6 Å². The lowest BCUT2D eigenvalue weighted by molar-refractivity contribution is 0.125. The van der Waals surface area contributed by atoms with E-state index in [0.29, 0.717) is 13.1 Å². The first-order valence-corrected chi connectivity index (χ1v) is 4.39. The highest BCUT2D eigenvalue weighted by Gasteiger charge is 2.34. The van der Waals surface area contributed by atoms with E-state index < -0.39 is 6.67 Å². The van der Waals surface area contributed by atoms with Crippen molar-refractivity contribution in [1.29, 1.82) is 0 Å². The number of nitrogens with two attached hydrogens (primary N) is 1. The van der Waals surface area contributed by atoms with E-state index >= 15 is 0 Å². The predicted octanol–water partition coefficient (Wildman–Crippen LogP) is 0.318. The Morgan fingerprint density at radius 3 is 3.00 bits per heavy atom. The fourth-order valence-corrected chi connectivity index (χ4v) is 1.26. The first-order valence-electron chi connectivity index (χ1n) is 4.39. The molecule has 0 radical (unpaired) electrons. The minimum atomic E-state index is -0.510. The summed E-state index contributed by atoms with van der Waals surface area (Å²) in [7, 11) is 0. The summed E-state index contributed by atoms with van der Waals surface area (Å²) >= 11 is 0. The summed E-state index contributed by atoms with van der Waals surface area (Å²) in [4.78, 5) is 4.78. The van der Waals surface area contributed by atoms with Crippen LogP contribution in [-0.2, 0) is 4.84 Å². The third kappa shape index (κ3) is 3.08. The Kier molecular flexibility index (Phi) is 5.99. The molecule has 4 nitrogen and oxygen atoms in total. The highest BCUT2D eigenvalue weighted by atomic mass is 35.5. The lowest BCUT2D eigenvalue weighted by Crippen LogP contribution is -2.35. The lowest BCUT2D eigenvalue weighted by atomic mass is 9.88. The molecule has 1 heterocycles. The van der Waals surface area contributed by atoms with Gasteiger partial charge in [0.05, 0.1) is 5.71 Å². The van der Waals surface area contributed by atoms with Crippen molar-refractivity contribution in [3.8, 4) is 0 Å². The van der Waals surface area contributed by atoms with E-state index in [1.54, 1.807) is 0 Å². The molecule has 0 aromatic rings. The summed E-state index contributed by atoms with van der Waals surface area (Å²) in [5.41, 5.74) is 6.36. The summed E-state index contributed by atoms with van der Waals surface area (Å²) < 4.78 is 11.7. The van der Waals surface area contributed by atoms with Crippen LogP contribution in [0.15, 0.2) is 5.16 Å². The van der Waals surface area contributed by atoms with Crippen molar-refractivity contribution in [2.24, 2.45) is 16.3 Å². The van der Waals surface area contributed by atoms with E-state index in [1.165, 1.54) is 0 Å². The van der Waals surface area contributed by atoms with Gasteiger partial charge in [0, 0.05) is 25.0 Å². The first-order chi connectivity index (χ1) is 6.23. The largest absolute Gasteiger partial charge is 0.393 e. The van der Waals surface area contributed by atoms with Crippen LogP contribution in [0.4, 0.5) is 4.39 Å². The molecule has 0 aromatic carbocycles. The van der Waals surface area contributed by atoms with Crippen LogP contribution in [0.3, 0.4) is 0 Å². The number of oxime groups is 1. The number of hydrogen-bond acceptors (Lipinski definition) is 4. The molecular weight excluding hydrogens is 209 g/mol. The average Bonchev–Trinajstić information content (AvgIpc) is 2.50. The maximum Gasteiger partial charge on any atom is 0.145 e. The van der Waals surface area contributed by atoms with Gasteiger partial charge in [0.15, 0.2) is 0 Å². The Morgan fingerprint density at radius 1 is 1.71 bits per heavy atom. The summed E-state index contributed by atoms with van der Waals surface area (Å²) in [6, 6.07) is 0. The third-order valence-corrected chi connectivity index (χ3v) is 2.30. The van der Waals surface area contributed by atoms with E-state index in [-0.39, 0.29) is 24.4 Å². The number of alkyl halides is 1. The number of rotatable bonds is 4. The average molecular weight is 226 g/mol. The maximum absolute atomic E-state index is 11.7. The standard InChI is InChI=1S/C8H16FN3O.ClH/c1-8(5-10)6-11-4-7(8)12-13-3-2-9;/h11H,2-6,10H2,1H3;1H. The van der Waals surface area contributed by atoms with Crippen molar-refractivity contribution in [2.45, 2.75) is 6.92 Å². The molecule has 1 atom stereocenters. The van der Waals surface area contributed by atoms with Gasteiger partial charge in [0.2, 0.25) is 0 Å². The van der Waals surface area contributed by atoms with Crippen LogP contribution in [0, 0.1) is 5.41 Å². The van der Waals surface area contributed by atoms with Gasteiger partial charge >= 0.3 is 0 Å². The fraction of sp³-hybridized carbons (Fsp3) is 0.875. The second-order valence-corrected chi connectivity index (χ2v) is 3.43. The number of nitrogens with one attached hydrogen (secondary N) is 1. The Morgan fingerprint density at radius 2 is 2.43 bits per heavy atom. The van der Waals surface area contributed by atoms with Crippen LogP contribution < -0.4 is 11.1 Å². The molecule has 0 bridgehead atoms.